The summed E-state index contributed by atoms with van der Waals surface area (Å²) in [5.74, 6) is 5.99. The molecule has 0 spiro atoms. The summed E-state index contributed by atoms with van der Waals surface area (Å²) in [7, 11) is 1.55. The summed E-state index contributed by atoms with van der Waals surface area (Å²) in [6.45, 7) is 0.448. The molecule has 0 fully saturated rings. The average molecular weight is 476 g/mol. The Morgan fingerprint density at radius 1 is 1.03 bits per heavy atom. The van der Waals surface area contributed by atoms with E-state index < -0.39 is 6.10 Å². The highest BCUT2D eigenvalue weighted by Crippen LogP contribution is 2.28. The molecule has 1 amide bonds. The molecule has 0 bridgehead atoms. The summed E-state index contributed by atoms with van der Waals surface area (Å²) in [5, 5.41) is 3.58. The first-order valence-corrected chi connectivity index (χ1v) is 10.4. The third-order valence-corrected chi connectivity index (χ3v) is 4.94. The Balaban J connectivity index is 1.91. The van der Waals surface area contributed by atoms with Crippen LogP contribution in [-0.4, -0.2) is 45.5 Å². The molecule has 32 heavy (non-hydrogen) atoms. The van der Waals surface area contributed by atoms with Crippen molar-refractivity contribution < 1.29 is 23.7 Å². The SMILES string of the molecule is C#CCOc1ccc(CCNC(=O)[C@@H](COc2ccc(Cl)c(Cl)c2)OCC#C)cc1OC. The molecule has 6 nitrogen and oxygen atoms in total. The molecule has 8 heteroatoms. The number of halogens is 2. The molecule has 0 heterocycles. The Hall–Kier alpha value is -3.03. The molecule has 2 rings (SSSR count). The Labute approximate surface area is 198 Å². The maximum absolute atomic E-state index is 12.6. The minimum Gasteiger partial charge on any atom is -0.493 e. The summed E-state index contributed by atoms with van der Waals surface area (Å²) in [4.78, 5) is 12.6. The van der Waals surface area contributed by atoms with Gasteiger partial charge in [0.2, 0.25) is 0 Å². The van der Waals surface area contributed by atoms with Gasteiger partial charge in [-0.1, -0.05) is 41.1 Å². The van der Waals surface area contributed by atoms with Gasteiger partial charge < -0.3 is 24.3 Å². The zero-order valence-corrected chi connectivity index (χ0v) is 19.0. The van der Waals surface area contributed by atoms with Gasteiger partial charge in [-0.25, -0.2) is 0 Å². The van der Waals surface area contributed by atoms with Crippen LogP contribution in [0, 0.1) is 24.7 Å². The van der Waals surface area contributed by atoms with Crippen LogP contribution in [0.5, 0.6) is 17.2 Å². The van der Waals surface area contributed by atoms with Crippen molar-refractivity contribution >= 4 is 29.1 Å². The van der Waals surface area contributed by atoms with E-state index >= 15 is 0 Å². The van der Waals surface area contributed by atoms with Gasteiger partial charge in [-0.2, -0.15) is 0 Å². The van der Waals surface area contributed by atoms with Gasteiger partial charge in [-0.3, -0.25) is 4.79 Å². The number of amides is 1. The smallest absolute Gasteiger partial charge is 0.252 e. The summed E-state index contributed by atoms with van der Waals surface area (Å²) < 4.78 is 21.8. The second-order valence-electron chi connectivity index (χ2n) is 6.41. The first kappa shape index (κ1) is 25.2. The van der Waals surface area contributed by atoms with Crippen LogP contribution >= 0.6 is 23.2 Å². The quantitative estimate of drug-likeness (QED) is 0.473. The van der Waals surface area contributed by atoms with Crippen molar-refractivity contribution in [2.45, 2.75) is 12.5 Å². The molecule has 168 valence electrons. The predicted octanol–water partition coefficient (Wildman–Crippen LogP) is 3.77. The second-order valence-corrected chi connectivity index (χ2v) is 7.22. The van der Waals surface area contributed by atoms with Crippen molar-refractivity contribution in [3.05, 3.63) is 52.0 Å². The van der Waals surface area contributed by atoms with Gasteiger partial charge in [0.1, 0.15) is 25.6 Å². The first-order valence-electron chi connectivity index (χ1n) is 9.62. The number of hydrogen-bond donors (Lipinski definition) is 1. The van der Waals surface area contributed by atoms with Gasteiger partial charge in [0.05, 0.1) is 17.2 Å². The highest BCUT2D eigenvalue weighted by molar-refractivity contribution is 6.42. The van der Waals surface area contributed by atoms with Crippen molar-refractivity contribution in [1.82, 2.24) is 5.32 Å². The van der Waals surface area contributed by atoms with Crippen molar-refractivity contribution in [3.63, 3.8) is 0 Å². The van der Waals surface area contributed by atoms with Crippen LogP contribution in [-0.2, 0) is 16.0 Å². The third kappa shape index (κ3) is 7.90. The van der Waals surface area contributed by atoms with Crippen LogP contribution in [0.1, 0.15) is 5.56 Å². The molecule has 2 aromatic rings. The van der Waals surface area contributed by atoms with Crippen LogP contribution in [0.25, 0.3) is 0 Å². The predicted molar refractivity (Wildman–Crippen MR) is 125 cm³/mol. The summed E-state index contributed by atoms with van der Waals surface area (Å²) in [6, 6.07) is 10.3. The topological polar surface area (TPSA) is 66.0 Å². The number of terminal acetylenes is 2. The summed E-state index contributed by atoms with van der Waals surface area (Å²) in [6.07, 6.45) is 10.1. The monoisotopic (exact) mass is 475 g/mol. The number of nitrogens with one attached hydrogen (secondary N) is 1. The van der Waals surface area contributed by atoms with E-state index in [1.165, 1.54) is 0 Å². The van der Waals surface area contributed by atoms with Gasteiger partial charge in [0.25, 0.3) is 5.91 Å². The van der Waals surface area contributed by atoms with Gasteiger partial charge in [0.15, 0.2) is 17.6 Å². The van der Waals surface area contributed by atoms with Gasteiger partial charge in [-0.05, 0) is 36.2 Å². The van der Waals surface area contributed by atoms with Crippen molar-refractivity contribution in [1.29, 1.82) is 0 Å². The largest absolute Gasteiger partial charge is 0.493 e. The third-order valence-electron chi connectivity index (χ3n) is 4.20. The van der Waals surface area contributed by atoms with Crippen molar-refractivity contribution in [2.75, 3.05) is 33.5 Å². The molecule has 0 saturated heterocycles. The Bertz CT molecular complexity index is 997. The van der Waals surface area contributed by atoms with Crippen LogP contribution in [0.4, 0.5) is 0 Å². The minimum absolute atomic E-state index is 0.0286. The standard InChI is InChI=1S/C24H23Cl2NO5/c1-4-12-30-21-9-6-17(14-22(21)29-3)10-11-27-24(28)23(31-13-5-2)16-32-18-7-8-19(25)20(26)15-18/h1-2,6-9,14-15,23H,10-13,16H2,3H3,(H,27,28)/t23-/m1/s1. The number of ether oxygens (including phenoxy) is 4. The fourth-order valence-corrected chi connectivity index (χ4v) is 2.92. The van der Waals surface area contributed by atoms with E-state index in [0.717, 1.165) is 5.56 Å². The van der Waals surface area contributed by atoms with Crippen molar-refractivity contribution in [3.8, 4) is 41.9 Å². The lowest BCUT2D eigenvalue weighted by molar-refractivity contribution is -0.133. The van der Waals surface area contributed by atoms with E-state index in [4.69, 9.17) is 55.0 Å². The molecule has 0 saturated carbocycles. The molecular formula is C24H23Cl2NO5. The maximum atomic E-state index is 12.6. The molecule has 0 unspecified atom stereocenters. The number of methoxy groups -OCH3 is 1. The number of hydrogen-bond acceptors (Lipinski definition) is 5. The number of carbonyl (C=O) groups is 1. The van der Waals surface area contributed by atoms with E-state index in [-0.39, 0.29) is 25.7 Å². The highest BCUT2D eigenvalue weighted by Gasteiger charge is 2.20. The molecule has 1 atom stereocenters. The lowest BCUT2D eigenvalue weighted by Gasteiger charge is -2.17. The normalized spacial score (nSPS) is 11.0. The van der Waals surface area contributed by atoms with Gasteiger partial charge in [0, 0.05) is 12.6 Å². The molecule has 0 aliphatic rings. The fraction of sp³-hybridized carbons (Fsp3) is 0.292. The lowest BCUT2D eigenvalue weighted by atomic mass is 10.1. The summed E-state index contributed by atoms with van der Waals surface area (Å²) >= 11 is 11.9. The number of carbonyl (C=O) groups excluding carboxylic acids is 1. The van der Waals surface area contributed by atoms with E-state index in [9.17, 15) is 4.79 Å². The van der Waals surface area contributed by atoms with Crippen molar-refractivity contribution in [2.24, 2.45) is 0 Å². The van der Waals surface area contributed by atoms with Crippen LogP contribution in [0.2, 0.25) is 10.0 Å². The zero-order valence-electron chi connectivity index (χ0n) is 17.5. The van der Waals surface area contributed by atoms with Gasteiger partial charge in [-0.15, -0.1) is 12.8 Å². The number of rotatable bonds is 12. The minimum atomic E-state index is -0.894. The highest BCUT2D eigenvalue weighted by atomic mass is 35.5. The van der Waals surface area contributed by atoms with E-state index in [1.54, 1.807) is 31.4 Å². The van der Waals surface area contributed by atoms with E-state index in [2.05, 4.69) is 17.2 Å². The molecule has 0 aliphatic carbocycles. The van der Waals surface area contributed by atoms with E-state index in [0.29, 0.717) is 40.3 Å². The molecular weight excluding hydrogens is 453 g/mol. The van der Waals surface area contributed by atoms with E-state index in [1.807, 2.05) is 12.1 Å². The molecule has 2 aromatic carbocycles. The van der Waals surface area contributed by atoms with Crippen LogP contribution in [0.15, 0.2) is 36.4 Å². The Morgan fingerprint density at radius 3 is 2.50 bits per heavy atom. The Morgan fingerprint density at radius 2 is 1.81 bits per heavy atom. The lowest BCUT2D eigenvalue weighted by Crippen LogP contribution is -2.41. The molecule has 0 aromatic heterocycles. The van der Waals surface area contributed by atoms with Gasteiger partial charge >= 0.3 is 0 Å². The molecule has 0 radical (unpaired) electrons. The summed E-state index contributed by atoms with van der Waals surface area (Å²) in [5.41, 5.74) is 0.948. The van der Waals surface area contributed by atoms with Crippen LogP contribution in [0.3, 0.4) is 0 Å². The number of benzene rings is 2. The zero-order chi connectivity index (χ0) is 23.3. The second kappa shape index (κ2) is 13.4. The first-order chi connectivity index (χ1) is 15.5. The maximum Gasteiger partial charge on any atom is 0.252 e. The molecule has 1 N–H and O–H groups in total. The Kier molecular flexibility index (Phi) is 10.6. The molecule has 0 aliphatic heterocycles. The fourth-order valence-electron chi connectivity index (χ4n) is 2.64. The average Bonchev–Trinajstić information content (AvgIpc) is 2.80. The van der Waals surface area contributed by atoms with Crippen LogP contribution < -0.4 is 19.5 Å².